The van der Waals surface area contributed by atoms with Crippen LogP contribution in [0.2, 0.25) is 0 Å². The number of carboxylic acids is 1. The number of anilines is 1. The molecule has 1 aliphatic rings. The zero-order valence-corrected chi connectivity index (χ0v) is 18.2. The first kappa shape index (κ1) is 22.1. The van der Waals surface area contributed by atoms with Crippen LogP contribution >= 0.6 is 0 Å². The van der Waals surface area contributed by atoms with Crippen molar-refractivity contribution < 1.29 is 24.2 Å². The second kappa shape index (κ2) is 9.15. The Bertz CT molecular complexity index is 1170. The maximum atomic E-state index is 12.6. The first-order valence-corrected chi connectivity index (χ1v) is 10.5. The van der Waals surface area contributed by atoms with Crippen molar-refractivity contribution in [3.05, 3.63) is 71.5 Å². The molecule has 1 aromatic heterocycles. The molecule has 3 N–H and O–H groups in total. The van der Waals surface area contributed by atoms with Crippen molar-refractivity contribution >= 4 is 23.7 Å². The molecule has 2 amide bonds. The summed E-state index contributed by atoms with van der Waals surface area (Å²) in [5.41, 5.74) is 4.60. The summed E-state index contributed by atoms with van der Waals surface area (Å²) in [6.07, 6.45) is 0.773. The molecular weight excluding hydrogens is 424 g/mol. The molecule has 4 rings (SSSR count). The normalized spacial score (nSPS) is 13.0. The number of fused-ring (bicyclic) bond motifs is 3. The molecule has 170 valence electrons. The average molecular weight is 448 g/mol. The minimum atomic E-state index is -1.02. The number of aryl methyl sites for hydroxylation is 1. The van der Waals surface area contributed by atoms with Gasteiger partial charge in [-0.3, -0.25) is 19.6 Å². The highest BCUT2D eigenvalue weighted by Crippen LogP contribution is 2.44. The van der Waals surface area contributed by atoms with Gasteiger partial charge in [0.25, 0.3) is 5.91 Å². The molecule has 0 fully saturated rings. The smallest absolute Gasteiger partial charge is 0.411 e. The van der Waals surface area contributed by atoms with Crippen molar-refractivity contribution in [3.8, 4) is 11.1 Å². The van der Waals surface area contributed by atoms with E-state index < -0.39 is 23.9 Å². The molecule has 0 spiro atoms. The van der Waals surface area contributed by atoms with Crippen LogP contribution in [-0.2, 0) is 16.6 Å². The Morgan fingerprint density at radius 2 is 1.70 bits per heavy atom. The fourth-order valence-corrected chi connectivity index (χ4v) is 3.91. The zero-order chi connectivity index (χ0) is 23.5. The lowest BCUT2D eigenvalue weighted by Gasteiger charge is -2.14. The van der Waals surface area contributed by atoms with Crippen molar-refractivity contribution in [1.82, 2.24) is 15.1 Å². The second-order valence-electron chi connectivity index (χ2n) is 7.96. The largest absolute Gasteiger partial charge is 0.481 e. The number of rotatable bonds is 7. The highest BCUT2D eigenvalue weighted by Gasteiger charge is 2.29. The van der Waals surface area contributed by atoms with Gasteiger partial charge >= 0.3 is 12.1 Å². The lowest BCUT2D eigenvalue weighted by molar-refractivity contribution is -0.140. The van der Waals surface area contributed by atoms with E-state index in [0.29, 0.717) is 0 Å². The molecule has 1 heterocycles. The number of carbonyl (C=O) groups is 3. The van der Waals surface area contributed by atoms with E-state index in [4.69, 9.17) is 9.84 Å². The number of hydrogen-bond acceptors (Lipinski definition) is 5. The van der Waals surface area contributed by atoms with Gasteiger partial charge in [0.2, 0.25) is 0 Å². The fourth-order valence-electron chi connectivity index (χ4n) is 3.91. The van der Waals surface area contributed by atoms with Gasteiger partial charge in [0, 0.05) is 25.7 Å². The highest BCUT2D eigenvalue weighted by atomic mass is 16.5. The van der Waals surface area contributed by atoms with Crippen LogP contribution in [0.5, 0.6) is 0 Å². The summed E-state index contributed by atoms with van der Waals surface area (Å²) in [5.74, 6) is -2.44. The van der Waals surface area contributed by atoms with Gasteiger partial charge in [0.05, 0.1) is 11.6 Å². The first-order chi connectivity index (χ1) is 15.8. The van der Waals surface area contributed by atoms with Gasteiger partial charge in [-0.1, -0.05) is 55.5 Å². The van der Waals surface area contributed by atoms with E-state index in [-0.39, 0.29) is 30.5 Å². The Kier molecular flexibility index (Phi) is 6.12. The van der Waals surface area contributed by atoms with E-state index in [1.807, 2.05) is 36.4 Å². The number of ether oxygens (including phenoxy) is 1. The molecule has 9 nitrogen and oxygen atoms in total. The lowest BCUT2D eigenvalue weighted by atomic mass is 9.98. The number of amides is 2. The molecule has 3 aromatic rings. The van der Waals surface area contributed by atoms with Crippen LogP contribution in [0.15, 0.2) is 54.7 Å². The van der Waals surface area contributed by atoms with Gasteiger partial charge in [-0.25, -0.2) is 4.79 Å². The molecule has 33 heavy (non-hydrogen) atoms. The Hall–Kier alpha value is -4.14. The molecule has 9 heteroatoms. The molecule has 0 saturated heterocycles. The Balaban J connectivity index is 1.42. The van der Waals surface area contributed by atoms with Gasteiger partial charge in [-0.2, -0.15) is 5.10 Å². The number of aromatic nitrogens is 2. The molecule has 0 aliphatic heterocycles. The van der Waals surface area contributed by atoms with Crippen LogP contribution in [0, 0.1) is 5.92 Å². The Morgan fingerprint density at radius 3 is 2.30 bits per heavy atom. The van der Waals surface area contributed by atoms with Gasteiger partial charge in [0.1, 0.15) is 6.61 Å². The van der Waals surface area contributed by atoms with Crippen molar-refractivity contribution in [2.45, 2.75) is 12.8 Å². The number of nitrogens with zero attached hydrogens (tertiary/aromatic N) is 2. The van der Waals surface area contributed by atoms with Crippen LogP contribution in [0.3, 0.4) is 0 Å². The number of carbonyl (C=O) groups excluding carboxylic acids is 2. The number of carboxylic acid groups (broad SMARTS) is 1. The summed E-state index contributed by atoms with van der Waals surface area (Å²) in [5, 5.41) is 18.1. The van der Waals surface area contributed by atoms with Crippen LogP contribution < -0.4 is 10.6 Å². The molecular formula is C24H24N4O5. The predicted molar refractivity (Wildman–Crippen MR) is 121 cm³/mol. The number of hydrogen-bond donors (Lipinski definition) is 3. The zero-order valence-electron chi connectivity index (χ0n) is 18.2. The summed E-state index contributed by atoms with van der Waals surface area (Å²) < 4.78 is 6.90. The average Bonchev–Trinajstić information content (AvgIpc) is 3.33. The summed E-state index contributed by atoms with van der Waals surface area (Å²) in [4.78, 5) is 36.0. The summed E-state index contributed by atoms with van der Waals surface area (Å²) in [6, 6.07) is 16.1. The Labute approximate surface area is 190 Å². The van der Waals surface area contributed by atoms with E-state index in [2.05, 4.69) is 27.9 Å². The van der Waals surface area contributed by atoms with Crippen molar-refractivity contribution in [1.29, 1.82) is 0 Å². The monoisotopic (exact) mass is 448 g/mol. The molecule has 1 atom stereocenters. The second-order valence-corrected chi connectivity index (χ2v) is 7.96. The van der Waals surface area contributed by atoms with Gasteiger partial charge in [-0.15, -0.1) is 0 Å². The third-order valence-corrected chi connectivity index (χ3v) is 5.61. The summed E-state index contributed by atoms with van der Waals surface area (Å²) in [6.45, 7) is 1.56. The maximum absolute atomic E-state index is 12.6. The minimum Gasteiger partial charge on any atom is -0.481 e. The van der Waals surface area contributed by atoms with Crippen LogP contribution in [0.1, 0.15) is 34.5 Å². The van der Waals surface area contributed by atoms with Crippen LogP contribution in [0.25, 0.3) is 11.1 Å². The highest BCUT2D eigenvalue weighted by molar-refractivity contribution is 6.01. The predicted octanol–water partition coefficient (Wildman–Crippen LogP) is 3.23. The maximum Gasteiger partial charge on any atom is 0.411 e. The molecule has 1 aliphatic carbocycles. The van der Waals surface area contributed by atoms with Crippen molar-refractivity contribution in [2.24, 2.45) is 13.0 Å². The van der Waals surface area contributed by atoms with E-state index >= 15 is 0 Å². The van der Waals surface area contributed by atoms with Gasteiger partial charge in [0.15, 0.2) is 5.69 Å². The van der Waals surface area contributed by atoms with E-state index in [0.717, 1.165) is 22.3 Å². The Morgan fingerprint density at radius 1 is 1.09 bits per heavy atom. The number of aliphatic carboxylic acids is 1. The molecule has 0 bridgehead atoms. The molecule has 2 aromatic carbocycles. The van der Waals surface area contributed by atoms with E-state index in [9.17, 15) is 14.4 Å². The third-order valence-electron chi connectivity index (χ3n) is 5.61. The summed E-state index contributed by atoms with van der Waals surface area (Å²) >= 11 is 0. The van der Waals surface area contributed by atoms with Gasteiger partial charge in [-0.05, 0) is 22.3 Å². The molecule has 1 unspecified atom stereocenters. The summed E-state index contributed by atoms with van der Waals surface area (Å²) in [7, 11) is 1.61. The third kappa shape index (κ3) is 4.57. The van der Waals surface area contributed by atoms with Crippen molar-refractivity contribution in [3.63, 3.8) is 0 Å². The SMILES string of the molecule is CC(CNC(=O)c1nn(C)cc1NC(=O)OCC1c2ccccc2-c2ccccc21)C(=O)O. The van der Waals surface area contributed by atoms with E-state index in [1.165, 1.54) is 17.8 Å². The molecule has 0 saturated carbocycles. The quantitative estimate of drug-likeness (QED) is 0.510. The minimum absolute atomic E-state index is 0.0244. The number of nitrogens with one attached hydrogen (secondary N) is 2. The first-order valence-electron chi connectivity index (χ1n) is 10.5. The van der Waals surface area contributed by atoms with Gasteiger partial charge < -0.3 is 15.2 Å². The van der Waals surface area contributed by atoms with Crippen LogP contribution in [0.4, 0.5) is 10.5 Å². The molecule has 0 radical (unpaired) electrons. The topological polar surface area (TPSA) is 123 Å². The lowest BCUT2D eigenvalue weighted by Crippen LogP contribution is -2.32. The van der Waals surface area contributed by atoms with Crippen LogP contribution in [-0.4, -0.2) is 46.0 Å². The standard InChI is InChI=1S/C24H24N4O5/c1-14(23(30)31)11-25-22(29)21-20(12-28(2)27-21)26-24(32)33-13-19-17-9-5-3-7-15(17)16-8-4-6-10-18(16)19/h3-10,12,14,19H,11,13H2,1-2H3,(H,25,29)(H,26,32)(H,30,31). The number of benzene rings is 2. The fraction of sp³-hybridized carbons (Fsp3) is 0.250. The van der Waals surface area contributed by atoms with Crippen molar-refractivity contribution in [2.75, 3.05) is 18.5 Å². The van der Waals surface area contributed by atoms with E-state index in [1.54, 1.807) is 7.05 Å².